The molecule has 2 aliphatic rings. The van der Waals surface area contributed by atoms with Crippen LogP contribution >= 0.6 is 11.6 Å². The van der Waals surface area contributed by atoms with E-state index in [1.165, 1.54) is 44.2 Å². The van der Waals surface area contributed by atoms with Crippen LogP contribution in [0.2, 0.25) is 5.02 Å². The van der Waals surface area contributed by atoms with Crippen molar-refractivity contribution in [3.05, 3.63) is 34.6 Å². The van der Waals surface area contributed by atoms with Crippen LogP contribution in [-0.2, 0) is 4.74 Å². The number of rotatable bonds is 1. The fourth-order valence-electron chi connectivity index (χ4n) is 3.44. The van der Waals surface area contributed by atoms with Gasteiger partial charge in [0.15, 0.2) is 0 Å². The molecule has 1 aliphatic carbocycles. The number of benzene rings is 1. The predicted molar refractivity (Wildman–Crippen MR) is 78.5 cm³/mol. The standard InChI is InChI=1S/C16H21ClFNO/c17-14-8-12(18)4-5-13(14)15-9-19-10-16(11-20-15)6-2-1-3-7-16/h4-5,8,15,19H,1-3,6-7,9-11H2. The first kappa shape index (κ1) is 14.3. The first-order valence-corrected chi connectivity index (χ1v) is 7.84. The van der Waals surface area contributed by atoms with Gasteiger partial charge in [0.2, 0.25) is 0 Å². The zero-order chi connectivity index (χ0) is 14.0. The summed E-state index contributed by atoms with van der Waals surface area (Å²) in [5.74, 6) is -0.302. The molecular weight excluding hydrogens is 277 g/mol. The van der Waals surface area contributed by atoms with E-state index in [4.69, 9.17) is 16.3 Å². The summed E-state index contributed by atoms with van der Waals surface area (Å²) in [5.41, 5.74) is 1.17. The fraction of sp³-hybridized carbons (Fsp3) is 0.625. The largest absolute Gasteiger partial charge is 0.372 e. The molecule has 2 fully saturated rings. The summed E-state index contributed by atoms with van der Waals surface area (Å²) >= 11 is 6.15. The molecule has 1 spiro atoms. The molecule has 4 heteroatoms. The quantitative estimate of drug-likeness (QED) is 0.843. The van der Waals surface area contributed by atoms with Crippen LogP contribution in [-0.4, -0.2) is 19.7 Å². The highest BCUT2D eigenvalue weighted by atomic mass is 35.5. The summed E-state index contributed by atoms with van der Waals surface area (Å²) in [7, 11) is 0. The highest BCUT2D eigenvalue weighted by Gasteiger charge is 2.35. The molecule has 1 saturated carbocycles. The van der Waals surface area contributed by atoms with Crippen molar-refractivity contribution >= 4 is 11.6 Å². The first-order valence-electron chi connectivity index (χ1n) is 7.46. The van der Waals surface area contributed by atoms with Crippen molar-refractivity contribution < 1.29 is 9.13 Å². The molecule has 1 aromatic carbocycles. The van der Waals surface area contributed by atoms with E-state index in [2.05, 4.69) is 5.32 Å². The molecule has 20 heavy (non-hydrogen) atoms. The van der Waals surface area contributed by atoms with Crippen molar-refractivity contribution in [2.24, 2.45) is 5.41 Å². The lowest BCUT2D eigenvalue weighted by molar-refractivity contribution is -0.00138. The number of hydrogen-bond donors (Lipinski definition) is 1. The third-order valence-electron chi connectivity index (χ3n) is 4.64. The lowest BCUT2D eigenvalue weighted by Crippen LogP contribution is -2.37. The second kappa shape index (κ2) is 6.00. The average Bonchev–Trinajstić information content (AvgIpc) is 2.63. The molecule has 0 bridgehead atoms. The zero-order valence-corrected chi connectivity index (χ0v) is 12.4. The van der Waals surface area contributed by atoms with Crippen molar-refractivity contribution in [1.29, 1.82) is 0 Å². The van der Waals surface area contributed by atoms with Gasteiger partial charge >= 0.3 is 0 Å². The van der Waals surface area contributed by atoms with Gasteiger partial charge in [0, 0.05) is 29.1 Å². The lowest BCUT2D eigenvalue weighted by Gasteiger charge is -2.35. The Morgan fingerprint density at radius 2 is 2.05 bits per heavy atom. The van der Waals surface area contributed by atoms with Crippen LogP contribution in [0.4, 0.5) is 4.39 Å². The van der Waals surface area contributed by atoms with Crippen molar-refractivity contribution in [2.75, 3.05) is 19.7 Å². The minimum Gasteiger partial charge on any atom is -0.372 e. The van der Waals surface area contributed by atoms with E-state index in [0.717, 1.165) is 25.3 Å². The van der Waals surface area contributed by atoms with E-state index in [-0.39, 0.29) is 11.9 Å². The molecular formula is C16H21ClFNO. The Morgan fingerprint density at radius 3 is 2.80 bits per heavy atom. The highest BCUT2D eigenvalue weighted by molar-refractivity contribution is 6.31. The Morgan fingerprint density at radius 1 is 1.25 bits per heavy atom. The van der Waals surface area contributed by atoms with E-state index < -0.39 is 0 Å². The van der Waals surface area contributed by atoms with Gasteiger partial charge in [0.05, 0.1) is 12.7 Å². The molecule has 1 heterocycles. The summed E-state index contributed by atoms with van der Waals surface area (Å²) in [6.45, 7) is 2.54. The second-order valence-corrected chi connectivity index (χ2v) is 6.56. The van der Waals surface area contributed by atoms with Gasteiger partial charge in [0.25, 0.3) is 0 Å². The molecule has 0 aromatic heterocycles. The van der Waals surface area contributed by atoms with Crippen molar-refractivity contribution in [3.8, 4) is 0 Å². The van der Waals surface area contributed by atoms with Gasteiger partial charge in [0.1, 0.15) is 5.82 Å². The molecule has 1 saturated heterocycles. The molecule has 0 radical (unpaired) electrons. The summed E-state index contributed by atoms with van der Waals surface area (Å²) in [5, 5.41) is 3.98. The third-order valence-corrected chi connectivity index (χ3v) is 4.97. The molecule has 1 N–H and O–H groups in total. The first-order chi connectivity index (χ1) is 9.69. The van der Waals surface area contributed by atoms with E-state index in [1.54, 1.807) is 6.07 Å². The van der Waals surface area contributed by atoms with Gasteiger partial charge < -0.3 is 10.1 Å². The fourth-order valence-corrected chi connectivity index (χ4v) is 3.73. The van der Waals surface area contributed by atoms with E-state index in [9.17, 15) is 4.39 Å². The third kappa shape index (κ3) is 3.00. The maximum Gasteiger partial charge on any atom is 0.124 e. The molecule has 0 amide bonds. The van der Waals surface area contributed by atoms with Crippen LogP contribution in [0.1, 0.15) is 43.8 Å². The van der Waals surface area contributed by atoms with Crippen LogP contribution < -0.4 is 5.32 Å². The summed E-state index contributed by atoms with van der Waals surface area (Å²) in [6, 6.07) is 4.55. The minimum atomic E-state index is -0.302. The lowest BCUT2D eigenvalue weighted by atomic mass is 9.74. The molecule has 1 aromatic rings. The van der Waals surface area contributed by atoms with Gasteiger partial charge in [-0.25, -0.2) is 4.39 Å². The van der Waals surface area contributed by atoms with Crippen LogP contribution in [0.15, 0.2) is 18.2 Å². The normalized spacial score (nSPS) is 26.4. The zero-order valence-electron chi connectivity index (χ0n) is 11.6. The van der Waals surface area contributed by atoms with Gasteiger partial charge in [-0.05, 0) is 25.0 Å². The topological polar surface area (TPSA) is 21.3 Å². The Hall–Kier alpha value is -0.640. The van der Waals surface area contributed by atoms with Crippen LogP contribution in [0, 0.1) is 11.2 Å². The number of ether oxygens (including phenoxy) is 1. The van der Waals surface area contributed by atoms with Gasteiger partial charge in [-0.3, -0.25) is 0 Å². The van der Waals surface area contributed by atoms with Gasteiger partial charge in [-0.1, -0.05) is 36.9 Å². The molecule has 1 unspecified atom stereocenters. The Bertz CT molecular complexity index is 474. The van der Waals surface area contributed by atoms with Crippen LogP contribution in [0.3, 0.4) is 0 Å². The summed E-state index contributed by atoms with van der Waals surface area (Å²) < 4.78 is 19.3. The average molecular weight is 298 g/mol. The molecule has 110 valence electrons. The van der Waals surface area contributed by atoms with Crippen molar-refractivity contribution in [2.45, 2.75) is 38.2 Å². The molecule has 1 aliphatic heterocycles. The smallest absolute Gasteiger partial charge is 0.124 e. The summed E-state index contributed by atoms with van der Waals surface area (Å²) in [6.07, 6.45) is 6.34. The second-order valence-electron chi connectivity index (χ2n) is 6.16. The Balaban J connectivity index is 1.73. The number of hydrogen-bond acceptors (Lipinski definition) is 2. The molecule has 3 rings (SSSR count). The van der Waals surface area contributed by atoms with Gasteiger partial charge in [-0.2, -0.15) is 0 Å². The minimum absolute atomic E-state index is 0.0793. The van der Waals surface area contributed by atoms with E-state index >= 15 is 0 Å². The molecule has 1 atom stereocenters. The summed E-state index contributed by atoms with van der Waals surface area (Å²) in [4.78, 5) is 0. The molecule has 2 nitrogen and oxygen atoms in total. The van der Waals surface area contributed by atoms with E-state index in [0.29, 0.717) is 10.4 Å². The predicted octanol–water partition coefficient (Wildman–Crippen LogP) is 4.09. The van der Waals surface area contributed by atoms with E-state index in [1.807, 2.05) is 0 Å². The van der Waals surface area contributed by atoms with Crippen molar-refractivity contribution in [3.63, 3.8) is 0 Å². The highest BCUT2D eigenvalue weighted by Crippen LogP contribution is 2.39. The maximum atomic E-state index is 13.1. The van der Waals surface area contributed by atoms with Gasteiger partial charge in [-0.15, -0.1) is 0 Å². The SMILES string of the molecule is Fc1ccc(C2CNCC3(CCCCC3)CO2)c(Cl)c1. The number of nitrogens with one attached hydrogen (secondary N) is 1. The Labute approximate surface area is 124 Å². The number of halogens is 2. The van der Waals surface area contributed by atoms with Crippen molar-refractivity contribution in [1.82, 2.24) is 5.32 Å². The van der Waals surface area contributed by atoms with Crippen LogP contribution in [0.25, 0.3) is 0 Å². The Kier molecular flexibility index (Phi) is 4.29. The van der Waals surface area contributed by atoms with Crippen LogP contribution in [0.5, 0.6) is 0 Å². The maximum absolute atomic E-state index is 13.1. The monoisotopic (exact) mass is 297 g/mol.